The number of aromatic nitrogens is 3. The zero-order chi connectivity index (χ0) is 37.1. The number of hydrogen-bond donors (Lipinski definition) is 7. The Morgan fingerprint density at radius 2 is 1.96 bits per heavy atom. The van der Waals surface area contributed by atoms with E-state index in [0.717, 1.165) is 42.1 Å². The minimum atomic E-state index is -5.03. The highest BCUT2D eigenvalue weighted by Gasteiger charge is 2.58. The lowest BCUT2D eigenvalue weighted by Crippen LogP contribution is -2.76. The van der Waals surface area contributed by atoms with Crippen molar-refractivity contribution in [1.82, 2.24) is 25.4 Å². The summed E-state index contributed by atoms with van der Waals surface area (Å²) in [6.45, 7) is 5.25. The van der Waals surface area contributed by atoms with Crippen molar-refractivity contribution in [2.75, 3.05) is 32.0 Å². The van der Waals surface area contributed by atoms with Gasteiger partial charge in [-0.15, -0.1) is 20.3 Å². The number of benzene rings is 1. The number of aliphatic carboxylic acids is 1. The molecule has 0 aliphatic carbocycles. The second-order valence-corrected chi connectivity index (χ2v) is 14.2. The zero-order valence-corrected chi connectivity index (χ0v) is 29.0. The van der Waals surface area contributed by atoms with Crippen LogP contribution >= 0.6 is 11.3 Å². The molecule has 0 bridgehead atoms. The lowest BCUT2D eigenvalue weighted by Gasteiger charge is -2.50. The summed E-state index contributed by atoms with van der Waals surface area (Å²) in [5.41, 5.74) is 11.0. The first kappa shape index (κ1) is 37.5. The van der Waals surface area contributed by atoms with Gasteiger partial charge in [-0.25, -0.2) is 9.78 Å². The number of aliphatic hydroxyl groups is 1. The van der Waals surface area contributed by atoms with Crippen molar-refractivity contribution in [2.45, 2.75) is 50.7 Å². The van der Waals surface area contributed by atoms with Crippen LogP contribution in [-0.2, 0) is 47.0 Å². The van der Waals surface area contributed by atoms with Crippen molar-refractivity contribution >= 4 is 50.4 Å². The van der Waals surface area contributed by atoms with Gasteiger partial charge in [0.05, 0.1) is 23.8 Å². The van der Waals surface area contributed by atoms with E-state index in [0.29, 0.717) is 23.3 Å². The molecule has 0 spiro atoms. The highest BCUT2D eigenvalue weighted by atomic mass is 32.3. The number of ether oxygens (including phenoxy) is 1. The van der Waals surface area contributed by atoms with E-state index in [-0.39, 0.29) is 17.4 Å². The molecule has 3 atom stereocenters. The van der Waals surface area contributed by atoms with Gasteiger partial charge in [-0.2, -0.15) is 18.2 Å². The zero-order valence-electron chi connectivity index (χ0n) is 27.4. The molecule has 1 aromatic carbocycles. The fraction of sp³-hybridized carbons (Fsp3) is 0.448. The molecule has 2 amide bonds. The average Bonchev–Trinajstić information content (AvgIpc) is 3.66. The molecule has 5 rings (SSSR count). The normalized spacial score (nSPS) is 18.8. The quantitative estimate of drug-likeness (QED) is 0.0261. The van der Waals surface area contributed by atoms with Crippen LogP contribution in [0.4, 0.5) is 5.13 Å². The number of nitrogens with two attached hydrogens (primary N) is 2. The molecule has 2 aliphatic heterocycles. The molecule has 9 N–H and O–H groups in total. The smallest absolute Gasteiger partial charge is 0.418 e. The molecule has 0 saturated carbocycles. The summed E-state index contributed by atoms with van der Waals surface area (Å²) in [6.07, 6.45) is 1.50. The molecule has 2 unspecified atom stereocenters. The SMILES string of the molecule is CC1(C)C(NC(=O)/C(=N\O[C@@H](COc2ccc(-c3cn(CC4CNC4)[n+](CC(O)CN)c3)cc2)C(=O)O)c2csc(N)n2)C(=O)N1OS(=O)(=O)O. The predicted molar refractivity (Wildman–Crippen MR) is 178 cm³/mol. The van der Waals surface area contributed by atoms with E-state index in [4.69, 9.17) is 25.6 Å². The topological polar surface area (TPSA) is 287 Å². The van der Waals surface area contributed by atoms with Crippen LogP contribution in [0, 0.1) is 5.92 Å². The lowest BCUT2D eigenvalue weighted by atomic mass is 9.84. The fourth-order valence-electron chi connectivity index (χ4n) is 5.20. The third-order valence-electron chi connectivity index (χ3n) is 8.12. The number of rotatable bonds is 17. The maximum atomic E-state index is 13.3. The van der Waals surface area contributed by atoms with E-state index in [9.17, 15) is 33.0 Å². The van der Waals surface area contributed by atoms with Gasteiger partial charge < -0.3 is 41.9 Å². The number of thiazole rings is 1. The van der Waals surface area contributed by atoms with Crippen molar-refractivity contribution < 1.29 is 56.1 Å². The molecule has 2 aliphatic rings. The standard InChI is InChI=1S/C29H37N9O11S2/c1-29(2)24(26(41)38(29)49-51(44,45)46)34-25(40)23(21-15-50-28(31)33-21)35-48-22(27(42)43)14-47-20-5-3-17(4-6-20)18-11-36(10-16-8-32-9-16)37(12-18)13-19(39)7-30/h3-6,11-12,15-16,19,22,24,32,39H,7-10,13-14,30H2,1-2H3,(H4-,31,33,34,40,42,43,44,45,46)/p+1/b35-23-/t19?,22-,24?/m0/s1. The Bertz CT molecular complexity index is 1870. The number of nitrogens with one attached hydrogen (secondary N) is 2. The van der Waals surface area contributed by atoms with Gasteiger partial charge >= 0.3 is 16.4 Å². The fourth-order valence-corrected chi connectivity index (χ4v) is 6.20. The Kier molecular flexibility index (Phi) is 11.2. The maximum absolute atomic E-state index is 13.3. The van der Waals surface area contributed by atoms with Crippen molar-refractivity contribution in [3.8, 4) is 16.9 Å². The van der Waals surface area contributed by atoms with Crippen LogP contribution in [-0.4, -0.2) is 111 Å². The molecule has 2 aromatic heterocycles. The number of carbonyl (C=O) groups excluding carboxylic acids is 2. The predicted octanol–water partition coefficient (Wildman–Crippen LogP) is -1.89. The van der Waals surface area contributed by atoms with Gasteiger partial charge in [0.1, 0.15) is 30.2 Å². The van der Waals surface area contributed by atoms with E-state index in [2.05, 4.69) is 25.1 Å². The van der Waals surface area contributed by atoms with Crippen LogP contribution in [0.15, 0.2) is 47.2 Å². The highest BCUT2D eigenvalue weighted by Crippen LogP contribution is 2.33. The number of carboxylic acid groups (broad SMARTS) is 1. The highest BCUT2D eigenvalue weighted by molar-refractivity contribution is 7.80. The first-order valence-corrected chi connectivity index (χ1v) is 17.7. The summed E-state index contributed by atoms with van der Waals surface area (Å²) in [5, 5.41) is 31.1. The third kappa shape index (κ3) is 8.97. The second-order valence-electron chi connectivity index (χ2n) is 12.3. The summed E-state index contributed by atoms with van der Waals surface area (Å²) < 4.78 is 45.2. The number of hydrogen-bond acceptors (Lipinski definition) is 15. The Morgan fingerprint density at radius 1 is 1.25 bits per heavy atom. The van der Waals surface area contributed by atoms with Crippen LogP contribution in [0.3, 0.4) is 0 Å². The molecule has 51 heavy (non-hydrogen) atoms. The number of carboxylic acids is 1. The number of hydroxylamine groups is 2. The first-order chi connectivity index (χ1) is 24.0. The van der Waals surface area contributed by atoms with Crippen LogP contribution < -0.4 is 31.5 Å². The summed E-state index contributed by atoms with van der Waals surface area (Å²) >= 11 is 0.953. The van der Waals surface area contributed by atoms with E-state index in [1.165, 1.54) is 19.2 Å². The number of nitrogen functional groups attached to an aromatic ring is 1. The summed E-state index contributed by atoms with van der Waals surface area (Å²) in [5.74, 6) is -2.71. The number of aliphatic hydroxyl groups excluding tert-OH is 1. The number of amides is 2. The lowest BCUT2D eigenvalue weighted by molar-refractivity contribution is -0.780. The maximum Gasteiger partial charge on any atom is 0.418 e. The van der Waals surface area contributed by atoms with Gasteiger partial charge in [0.2, 0.25) is 6.20 Å². The van der Waals surface area contributed by atoms with Crippen molar-refractivity contribution in [3.05, 3.63) is 47.7 Å². The van der Waals surface area contributed by atoms with E-state index in [1.807, 2.05) is 21.8 Å². The molecule has 4 heterocycles. The van der Waals surface area contributed by atoms with Crippen LogP contribution in [0.2, 0.25) is 0 Å². The van der Waals surface area contributed by atoms with Crippen LogP contribution in [0.1, 0.15) is 19.5 Å². The van der Waals surface area contributed by atoms with Gasteiger partial charge in [0.25, 0.3) is 17.9 Å². The molecule has 276 valence electrons. The Morgan fingerprint density at radius 3 is 2.51 bits per heavy atom. The van der Waals surface area contributed by atoms with Gasteiger partial charge in [-0.3, -0.25) is 14.1 Å². The average molecular weight is 753 g/mol. The molecule has 3 aromatic rings. The van der Waals surface area contributed by atoms with E-state index < -0.39 is 64.3 Å². The summed E-state index contributed by atoms with van der Waals surface area (Å²) in [7, 11) is -5.03. The molecule has 22 heteroatoms. The van der Waals surface area contributed by atoms with Crippen molar-refractivity contribution in [3.63, 3.8) is 0 Å². The van der Waals surface area contributed by atoms with Crippen LogP contribution in [0.25, 0.3) is 11.1 Å². The Balaban J connectivity index is 1.26. The molecular formula is C29H38N9O11S2+. The van der Waals surface area contributed by atoms with Gasteiger partial charge in [0, 0.05) is 30.9 Å². The largest absolute Gasteiger partial charge is 0.489 e. The number of anilines is 1. The molecule has 2 fully saturated rings. The number of nitrogens with zero attached hydrogens (tertiary/aromatic N) is 5. The van der Waals surface area contributed by atoms with Crippen molar-refractivity contribution in [1.29, 1.82) is 0 Å². The number of oxime groups is 1. The first-order valence-electron chi connectivity index (χ1n) is 15.5. The molecule has 0 radical (unpaired) electrons. The monoisotopic (exact) mass is 752 g/mol. The third-order valence-corrected chi connectivity index (χ3v) is 9.14. The second kappa shape index (κ2) is 15.3. The molecular weight excluding hydrogens is 715 g/mol. The summed E-state index contributed by atoms with van der Waals surface area (Å²) in [4.78, 5) is 47.1. The minimum absolute atomic E-state index is 0.0510. The summed E-state index contributed by atoms with van der Waals surface area (Å²) in [6, 6.07) is 5.54. The van der Waals surface area contributed by atoms with Crippen LogP contribution in [0.5, 0.6) is 5.75 Å². The van der Waals surface area contributed by atoms with Gasteiger partial charge in [-0.05, 0) is 31.5 Å². The minimum Gasteiger partial charge on any atom is -0.489 e. The molecule has 20 nitrogen and oxygen atoms in total. The van der Waals surface area contributed by atoms with E-state index >= 15 is 0 Å². The van der Waals surface area contributed by atoms with Gasteiger partial charge in [-0.1, -0.05) is 17.3 Å². The number of β-lactam (4-membered cyclic amide) rings is 1. The molecule has 2 saturated heterocycles. The Hall–Kier alpha value is -4.71. The van der Waals surface area contributed by atoms with Crippen molar-refractivity contribution in [2.24, 2.45) is 16.8 Å². The van der Waals surface area contributed by atoms with Gasteiger partial charge in [0.15, 0.2) is 17.4 Å². The van der Waals surface area contributed by atoms with E-state index in [1.54, 1.807) is 24.3 Å². The number of carbonyl (C=O) groups is 3. The Labute approximate surface area is 295 Å².